The molecule has 0 atom stereocenters. The molecular weight excluding hydrogens is 378 g/mol. The van der Waals surface area contributed by atoms with E-state index in [1.165, 1.54) is 0 Å². The van der Waals surface area contributed by atoms with Crippen molar-refractivity contribution in [2.45, 2.75) is 26.1 Å². The highest BCUT2D eigenvalue weighted by molar-refractivity contribution is 5.89. The molecule has 0 bridgehead atoms. The van der Waals surface area contributed by atoms with Crippen LogP contribution in [0.25, 0.3) is 10.9 Å². The van der Waals surface area contributed by atoms with Crippen LogP contribution in [0.15, 0.2) is 59.5 Å². The molecular formula is C23H23N5O2. The Morgan fingerprint density at radius 3 is 2.87 bits per heavy atom. The van der Waals surface area contributed by atoms with E-state index in [0.717, 1.165) is 46.6 Å². The van der Waals surface area contributed by atoms with E-state index in [2.05, 4.69) is 38.1 Å². The second-order valence-corrected chi connectivity index (χ2v) is 7.60. The highest BCUT2D eigenvalue weighted by Crippen LogP contribution is 2.31. The summed E-state index contributed by atoms with van der Waals surface area (Å²) in [5.41, 5.74) is 10.4. The van der Waals surface area contributed by atoms with E-state index in [1.54, 1.807) is 0 Å². The molecule has 4 aromatic rings. The number of aromatic amines is 2. The lowest BCUT2D eigenvalue weighted by Crippen LogP contribution is -2.35. The monoisotopic (exact) mass is 401 g/mol. The highest BCUT2D eigenvalue weighted by Gasteiger charge is 2.22. The number of nitrogens with two attached hydrogens (primary N) is 1. The fraction of sp³-hybridized carbons (Fsp3) is 0.217. The summed E-state index contributed by atoms with van der Waals surface area (Å²) in [5, 5.41) is 1.09. The third-order valence-corrected chi connectivity index (χ3v) is 5.55. The number of nitrogens with zero attached hydrogens (tertiary/aromatic N) is 2. The van der Waals surface area contributed by atoms with Crippen LogP contribution in [0.4, 0.5) is 5.95 Å². The third kappa shape index (κ3) is 3.55. The van der Waals surface area contributed by atoms with Crippen LogP contribution in [-0.2, 0) is 26.1 Å². The molecule has 0 aliphatic carbocycles. The van der Waals surface area contributed by atoms with Gasteiger partial charge in [0.25, 0.3) is 5.56 Å². The normalized spacial score (nSPS) is 14.0. The van der Waals surface area contributed by atoms with E-state index in [-0.39, 0.29) is 11.5 Å². The summed E-state index contributed by atoms with van der Waals surface area (Å²) in [7, 11) is 0. The first-order chi connectivity index (χ1) is 14.7. The van der Waals surface area contributed by atoms with Gasteiger partial charge in [0.05, 0.1) is 11.3 Å². The zero-order valence-electron chi connectivity index (χ0n) is 16.5. The number of benzene rings is 2. The second-order valence-electron chi connectivity index (χ2n) is 7.60. The van der Waals surface area contributed by atoms with Gasteiger partial charge in [-0.25, -0.2) is 4.98 Å². The Hall–Kier alpha value is -3.58. The van der Waals surface area contributed by atoms with E-state index in [9.17, 15) is 4.79 Å². The van der Waals surface area contributed by atoms with Gasteiger partial charge in [-0.05, 0) is 23.3 Å². The number of hydrogen-bond acceptors (Lipinski definition) is 5. The molecule has 0 spiro atoms. The molecule has 2 aromatic carbocycles. The molecule has 1 aliphatic heterocycles. The van der Waals surface area contributed by atoms with Crippen molar-refractivity contribution in [3.63, 3.8) is 0 Å². The standard InChI is InChI=1S/C23H23N5O2/c24-23-26-18-9-10-28(13-17(18)22(29)27-23)12-16-11-25-19-7-4-8-20(21(16)19)30-14-15-5-2-1-3-6-15/h1-8,11,25H,9-10,12-14H2,(H3,24,26,27,29). The number of fused-ring (bicyclic) bond motifs is 2. The molecule has 0 radical (unpaired) electrons. The van der Waals surface area contributed by atoms with Crippen molar-refractivity contribution in [1.82, 2.24) is 19.9 Å². The topological polar surface area (TPSA) is 100 Å². The number of nitrogens with one attached hydrogen (secondary N) is 2. The van der Waals surface area contributed by atoms with Crippen LogP contribution in [0, 0.1) is 0 Å². The molecule has 7 nitrogen and oxygen atoms in total. The number of ether oxygens (including phenoxy) is 1. The average Bonchev–Trinajstić information content (AvgIpc) is 3.17. The number of H-pyrrole nitrogens is 2. The number of nitrogen functional groups attached to an aromatic ring is 1. The number of anilines is 1. The lowest BCUT2D eigenvalue weighted by Gasteiger charge is -2.27. The van der Waals surface area contributed by atoms with Gasteiger partial charge in [0.1, 0.15) is 12.4 Å². The molecule has 0 fully saturated rings. The Labute approximate surface area is 173 Å². The van der Waals surface area contributed by atoms with Gasteiger partial charge in [-0.1, -0.05) is 36.4 Å². The van der Waals surface area contributed by atoms with Crippen LogP contribution in [0.5, 0.6) is 5.75 Å². The SMILES string of the molecule is Nc1nc2c(c(=O)[nH]1)CN(Cc1c[nH]c3cccc(OCc4ccccc4)c13)CC2. The van der Waals surface area contributed by atoms with E-state index < -0.39 is 0 Å². The van der Waals surface area contributed by atoms with Crippen LogP contribution in [0.1, 0.15) is 22.4 Å². The fourth-order valence-electron chi connectivity index (χ4n) is 4.08. The summed E-state index contributed by atoms with van der Waals surface area (Å²) in [4.78, 5) is 24.8. The Bertz CT molecular complexity index is 1250. The van der Waals surface area contributed by atoms with Crippen LogP contribution >= 0.6 is 0 Å². The lowest BCUT2D eigenvalue weighted by molar-refractivity contribution is 0.242. The summed E-state index contributed by atoms with van der Waals surface area (Å²) < 4.78 is 6.16. The molecule has 4 N–H and O–H groups in total. The van der Waals surface area contributed by atoms with Crippen molar-refractivity contribution >= 4 is 16.9 Å². The van der Waals surface area contributed by atoms with Gasteiger partial charge in [0.2, 0.25) is 5.95 Å². The largest absolute Gasteiger partial charge is 0.488 e. The first kappa shape index (κ1) is 18.4. The molecule has 3 heterocycles. The van der Waals surface area contributed by atoms with E-state index in [4.69, 9.17) is 10.5 Å². The summed E-state index contributed by atoms with van der Waals surface area (Å²) in [5.74, 6) is 1.04. The molecule has 30 heavy (non-hydrogen) atoms. The summed E-state index contributed by atoms with van der Waals surface area (Å²) in [6.45, 7) is 2.61. The van der Waals surface area contributed by atoms with Gasteiger partial charge in [-0.2, -0.15) is 0 Å². The Morgan fingerprint density at radius 2 is 2.00 bits per heavy atom. The van der Waals surface area contributed by atoms with Crippen molar-refractivity contribution in [2.75, 3.05) is 12.3 Å². The van der Waals surface area contributed by atoms with E-state index in [1.807, 2.05) is 36.5 Å². The van der Waals surface area contributed by atoms with Crippen LogP contribution < -0.4 is 16.0 Å². The number of aromatic nitrogens is 3. The van der Waals surface area contributed by atoms with Gasteiger partial charge in [0, 0.05) is 43.2 Å². The van der Waals surface area contributed by atoms with Gasteiger partial charge in [-0.15, -0.1) is 0 Å². The fourth-order valence-corrected chi connectivity index (χ4v) is 4.08. The molecule has 152 valence electrons. The molecule has 0 saturated heterocycles. The second kappa shape index (κ2) is 7.68. The quantitative estimate of drug-likeness (QED) is 0.477. The maximum Gasteiger partial charge on any atom is 0.257 e. The van der Waals surface area contributed by atoms with Crippen LogP contribution in [-0.4, -0.2) is 26.4 Å². The number of rotatable bonds is 5. The maximum atomic E-state index is 12.3. The van der Waals surface area contributed by atoms with Gasteiger partial charge in [0.15, 0.2) is 0 Å². The average molecular weight is 401 g/mol. The van der Waals surface area contributed by atoms with Crippen molar-refractivity contribution in [3.05, 3.63) is 87.5 Å². The van der Waals surface area contributed by atoms with Gasteiger partial charge < -0.3 is 15.5 Å². The smallest absolute Gasteiger partial charge is 0.257 e. The Balaban J connectivity index is 1.39. The summed E-state index contributed by atoms with van der Waals surface area (Å²) >= 11 is 0. The Kier molecular flexibility index (Phi) is 4.72. The zero-order chi connectivity index (χ0) is 20.5. The van der Waals surface area contributed by atoms with E-state index in [0.29, 0.717) is 25.1 Å². The van der Waals surface area contributed by atoms with Gasteiger partial charge >= 0.3 is 0 Å². The minimum absolute atomic E-state index is 0.145. The minimum Gasteiger partial charge on any atom is -0.488 e. The first-order valence-corrected chi connectivity index (χ1v) is 10.0. The third-order valence-electron chi connectivity index (χ3n) is 5.55. The lowest BCUT2D eigenvalue weighted by atomic mass is 10.1. The van der Waals surface area contributed by atoms with Crippen molar-refractivity contribution in [3.8, 4) is 5.75 Å². The number of hydrogen-bond donors (Lipinski definition) is 3. The minimum atomic E-state index is -0.145. The molecule has 0 amide bonds. The zero-order valence-corrected chi connectivity index (χ0v) is 16.5. The molecule has 5 rings (SSSR count). The Morgan fingerprint density at radius 1 is 1.13 bits per heavy atom. The van der Waals surface area contributed by atoms with Crippen molar-refractivity contribution < 1.29 is 4.74 Å². The summed E-state index contributed by atoms with van der Waals surface area (Å²) in [6.07, 6.45) is 2.74. The van der Waals surface area contributed by atoms with Crippen LogP contribution in [0.2, 0.25) is 0 Å². The van der Waals surface area contributed by atoms with E-state index >= 15 is 0 Å². The molecule has 1 aliphatic rings. The van der Waals surface area contributed by atoms with Crippen LogP contribution in [0.3, 0.4) is 0 Å². The molecule has 2 aromatic heterocycles. The van der Waals surface area contributed by atoms with Crippen molar-refractivity contribution in [1.29, 1.82) is 0 Å². The first-order valence-electron chi connectivity index (χ1n) is 10.0. The predicted molar refractivity (Wildman–Crippen MR) is 116 cm³/mol. The van der Waals surface area contributed by atoms with Crippen molar-refractivity contribution in [2.24, 2.45) is 0 Å². The highest BCUT2D eigenvalue weighted by atomic mass is 16.5. The molecule has 0 unspecified atom stereocenters. The maximum absolute atomic E-state index is 12.3. The summed E-state index contributed by atoms with van der Waals surface area (Å²) in [6, 6.07) is 16.2. The molecule has 7 heteroatoms. The predicted octanol–water partition coefficient (Wildman–Crippen LogP) is 2.97. The van der Waals surface area contributed by atoms with Gasteiger partial charge in [-0.3, -0.25) is 14.7 Å². The molecule has 0 saturated carbocycles.